The summed E-state index contributed by atoms with van der Waals surface area (Å²) in [5, 5.41) is 7.04. The maximum Gasteiger partial charge on any atom is 0.163 e. The molecule has 0 fully saturated rings. The molecule has 134 valence electrons. The van der Waals surface area contributed by atoms with Crippen LogP contribution in [0.3, 0.4) is 0 Å². The van der Waals surface area contributed by atoms with Crippen LogP contribution in [0.15, 0.2) is 91.3 Å². The van der Waals surface area contributed by atoms with Gasteiger partial charge in [0.1, 0.15) is 5.82 Å². The van der Waals surface area contributed by atoms with E-state index >= 15 is 0 Å². The van der Waals surface area contributed by atoms with Gasteiger partial charge in [0, 0.05) is 29.9 Å². The van der Waals surface area contributed by atoms with Crippen LogP contribution in [0.1, 0.15) is 5.56 Å². The second kappa shape index (κ2) is 7.08. The number of anilines is 1. The molecule has 0 aliphatic heterocycles. The molecule has 3 aromatic carbocycles. The highest BCUT2D eigenvalue weighted by Gasteiger charge is 2.10. The van der Waals surface area contributed by atoms with E-state index in [0.29, 0.717) is 12.4 Å². The SMILES string of the molecule is c1cncc(-c2nc(NCc3cccc4ccccc34)c3ccccc3n2)c1. The van der Waals surface area contributed by atoms with Gasteiger partial charge in [0.25, 0.3) is 0 Å². The van der Waals surface area contributed by atoms with Gasteiger partial charge in [0.15, 0.2) is 5.82 Å². The van der Waals surface area contributed by atoms with Gasteiger partial charge >= 0.3 is 0 Å². The zero-order chi connectivity index (χ0) is 18.8. The maximum atomic E-state index is 4.80. The van der Waals surface area contributed by atoms with E-state index in [1.54, 1.807) is 12.4 Å². The zero-order valence-electron chi connectivity index (χ0n) is 15.2. The minimum atomic E-state index is 0.673. The third-order valence-corrected chi connectivity index (χ3v) is 4.85. The quantitative estimate of drug-likeness (QED) is 0.461. The Morgan fingerprint density at radius 2 is 1.54 bits per heavy atom. The van der Waals surface area contributed by atoms with E-state index in [4.69, 9.17) is 9.97 Å². The lowest BCUT2D eigenvalue weighted by Crippen LogP contribution is -2.04. The van der Waals surface area contributed by atoms with Gasteiger partial charge in [-0.1, -0.05) is 54.6 Å². The smallest absolute Gasteiger partial charge is 0.163 e. The third-order valence-electron chi connectivity index (χ3n) is 4.85. The standard InChI is InChI=1S/C24H18N4/c1-2-11-20-17(7-1)8-5-9-18(20)16-26-24-21-12-3-4-13-22(21)27-23(28-24)19-10-6-14-25-15-19/h1-15H,16H2,(H,26,27,28). The van der Waals surface area contributed by atoms with Gasteiger partial charge in [0.05, 0.1) is 5.52 Å². The Morgan fingerprint density at radius 1 is 0.714 bits per heavy atom. The van der Waals surface area contributed by atoms with Gasteiger partial charge in [-0.15, -0.1) is 0 Å². The van der Waals surface area contributed by atoms with Crippen molar-refractivity contribution in [1.82, 2.24) is 15.0 Å². The van der Waals surface area contributed by atoms with Crippen molar-refractivity contribution in [2.45, 2.75) is 6.54 Å². The largest absolute Gasteiger partial charge is 0.365 e. The second-order valence-corrected chi connectivity index (χ2v) is 6.65. The van der Waals surface area contributed by atoms with Crippen molar-refractivity contribution in [3.05, 3.63) is 96.8 Å². The van der Waals surface area contributed by atoms with E-state index < -0.39 is 0 Å². The molecule has 2 aromatic heterocycles. The molecule has 0 amide bonds. The monoisotopic (exact) mass is 362 g/mol. The van der Waals surface area contributed by atoms with Crippen LogP contribution in [-0.2, 0) is 6.54 Å². The van der Waals surface area contributed by atoms with Crippen LogP contribution in [0.2, 0.25) is 0 Å². The molecule has 0 radical (unpaired) electrons. The van der Waals surface area contributed by atoms with Crippen molar-refractivity contribution in [2.75, 3.05) is 5.32 Å². The summed E-state index contributed by atoms with van der Waals surface area (Å²) < 4.78 is 0. The van der Waals surface area contributed by atoms with Crippen LogP contribution in [0.4, 0.5) is 5.82 Å². The fourth-order valence-electron chi connectivity index (χ4n) is 3.46. The molecule has 0 atom stereocenters. The molecular formula is C24H18N4. The minimum absolute atomic E-state index is 0.673. The van der Waals surface area contributed by atoms with Gasteiger partial charge in [0.2, 0.25) is 0 Å². The average Bonchev–Trinajstić information content (AvgIpc) is 2.78. The van der Waals surface area contributed by atoms with E-state index in [9.17, 15) is 0 Å². The lowest BCUT2D eigenvalue weighted by molar-refractivity contribution is 1.11. The second-order valence-electron chi connectivity index (χ2n) is 6.65. The molecule has 0 spiro atoms. The minimum Gasteiger partial charge on any atom is -0.365 e. The van der Waals surface area contributed by atoms with Gasteiger partial charge < -0.3 is 5.32 Å². The number of nitrogens with zero attached hydrogens (tertiary/aromatic N) is 3. The first-order chi connectivity index (χ1) is 13.9. The number of fused-ring (bicyclic) bond motifs is 2. The van der Waals surface area contributed by atoms with Crippen molar-refractivity contribution in [2.24, 2.45) is 0 Å². The first-order valence-corrected chi connectivity index (χ1v) is 9.26. The van der Waals surface area contributed by atoms with Crippen LogP contribution in [0.25, 0.3) is 33.1 Å². The van der Waals surface area contributed by atoms with Crippen LogP contribution in [0.5, 0.6) is 0 Å². The predicted octanol–water partition coefficient (Wildman–Crippen LogP) is 5.46. The fourth-order valence-corrected chi connectivity index (χ4v) is 3.46. The van der Waals surface area contributed by atoms with E-state index in [2.05, 4.69) is 52.8 Å². The maximum absolute atomic E-state index is 4.80. The highest BCUT2D eigenvalue weighted by molar-refractivity contribution is 5.91. The summed E-state index contributed by atoms with van der Waals surface area (Å²) in [4.78, 5) is 13.7. The molecule has 0 unspecified atom stereocenters. The summed E-state index contributed by atoms with van der Waals surface area (Å²) in [7, 11) is 0. The summed E-state index contributed by atoms with van der Waals surface area (Å²) in [6.45, 7) is 0.689. The molecule has 0 aliphatic rings. The van der Waals surface area contributed by atoms with E-state index in [1.807, 2.05) is 36.4 Å². The highest BCUT2D eigenvalue weighted by Crippen LogP contribution is 2.26. The predicted molar refractivity (Wildman–Crippen MR) is 114 cm³/mol. The Kier molecular flexibility index (Phi) is 4.14. The number of benzene rings is 3. The molecule has 2 heterocycles. The molecular weight excluding hydrogens is 344 g/mol. The van der Waals surface area contributed by atoms with Crippen LogP contribution in [0, 0.1) is 0 Å². The number of hydrogen-bond donors (Lipinski definition) is 1. The summed E-state index contributed by atoms with van der Waals surface area (Å²) in [5.74, 6) is 1.50. The molecule has 5 rings (SSSR count). The number of hydrogen-bond acceptors (Lipinski definition) is 4. The molecule has 28 heavy (non-hydrogen) atoms. The number of aromatic nitrogens is 3. The lowest BCUT2D eigenvalue weighted by atomic mass is 10.0. The third kappa shape index (κ3) is 3.05. The van der Waals surface area contributed by atoms with Crippen molar-refractivity contribution >= 4 is 27.5 Å². The first-order valence-electron chi connectivity index (χ1n) is 9.26. The van der Waals surface area contributed by atoms with E-state index in [1.165, 1.54) is 16.3 Å². The molecule has 0 saturated carbocycles. The lowest BCUT2D eigenvalue weighted by Gasteiger charge is -2.12. The summed E-state index contributed by atoms with van der Waals surface area (Å²) in [6.07, 6.45) is 3.54. The van der Waals surface area contributed by atoms with E-state index in [-0.39, 0.29) is 0 Å². The summed E-state index contributed by atoms with van der Waals surface area (Å²) in [5.41, 5.74) is 3.06. The Hall–Kier alpha value is -3.79. The molecule has 0 saturated heterocycles. The summed E-state index contributed by atoms with van der Waals surface area (Å²) in [6, 6.07) is 26.8. The Bertz CT molecular complexity index is 1260. The molecule has 0 aliphatic carbocycles. The van der Waals surface area contributed by atoms with Crippen molar-refractivity contribution in [3.63, 3.8) is 0 Å². The van der Waals surface area contributed by atoms with Crippen molar-refractivity contribution < 1.29 is 0 Å². The number of nitrogens with one attached hydrogen (secondary N) is 1. The Labute approximate surface area is 162 Å². The molecule has 0 bridgehead atoms. The first kappa shape index (κ1) is 16.4. The number of rotatable bonds is 4. The van der Waals surface area contributed by atoms with Gasteiger partial charge in [-0.25, -0.2) is 9.97 Å². The highest BCUT2D eigenvalue weighted by atomic mass is 15.0. The van der Waals surface area contributed by atoms with Crippen LogP contribution < -0.4 is 5.32 Å². The molecule has 1 N–H and O–H groups in total. The molecule has 4 heteroatoms. The average molecular weight is 362 g/mol. The van der Waals surface area contributed by atoms with Crippen molar-refractivity contribution in [1.29, 1.82) is 0 Å². The van der Waals surface area contributed by atoms with Crippen LogP contribution in [-0.4, -0.2) is 15.0 Å². The fraction of sp³-hybridized carbons (Fsp3) is 0.0417. The summed E-state index contributed by atoms with van der Waals surface area (Å²) >= 11 is 0. The Morgan fingerprint density at radius 3 is 2.43 bits per heavy atom. The number of pyridine rings is 1. The Balaban J connectivity index is 1.56. The zero-order valence-corrected chi connectivity index (χ0v) is 15.2. The van der Waals surface area contributed by atoms with Gasteiger partial charge in [-0.3, -0.25) is 4.98 Å². The van der Waals surface area contributed by atoms with Gasteiger partial charge in [-0.2, -0.15) is 0 Å². The molecule has 4 nitrogen and oxygen atoms in total. The van der Waals surface area contributed by atoms with E-state index in [0.717, 1.165) is 22.3 Å². The van der Waals surface area contributed by atoms with Crippen molar-refractivity contribution in [3.8, 4) is 11.4 Å². The number of para-hydroxylation sites is 1. The van der Waals surface area contributed by atoms with Crippen LogP contribution >= 0.6 is 0 Å². The molecule has 5 aromatic rings. The van der Waals surface area contributed by atoms with Gasteiger partial charge in [-0.05, 0) is 40.6 Å². The normalized spacial score (nSPS) is 11.0. The topological polar surface area (TPSA) is 50.7 Å².